The summed E-state index contributed by atoms with van der Waals surface area (Å²) in [5.41, 5.74) is 1.87. The highest BCUT2D eigenvalue weighted by atomic mass is 16.5. The fourth-order valence-electron chi connectivity index (χ4n) is 4.38. The van der Waals surface area contributed by atoms with Gasteiger partial charge in [-0.1, -0.05) is 36.4 Å². The van der Waals surface area contributed by atoms with E-state index in [4.69, 9.17) is 9.47 Å². The number of carbonyl (C=O) groups excluding carboxylic acids is 1. The van der Waals surface area contributed by atoms with Gasteiger partial charge >= 0.3 is 0 Å². The number of amides is 1. The molecule has 2 aliphatic rings. The Labute approximate surface area is 173 Å². The van der Waals surface area contributed by atoms with Crippen LogP contribution >= 0.6 is 0 Å². The Balaban J connectivity index is 1.33. The van der Waals surface area contributed by atoms with E-state index in [2.05, 4.69) is 35.2 Å². The average Bonchev–Trinajstić information content (AvgIpc) is 2.79. The molecule has 1 spiro atoms. The summed E-state index contributed by atoms with van der Waals surface area (Å²) in [6.45, 7) is 5.05. The Morgan fingerprint density at radius 1 is 1.07 bits per heavy atom. The fourth-order valence-corrected chi connectivity index (χ4v) is 4.38. The molecule has 0 radical (unpaired) electrons. The molecule has 0 atom stereocenters. The molecule has 0 aliphatic carbocycles. The highest BCUT2D eigenvalue weighted by molar-refractivity contribution is 5.94. The van der Waals surface area contributed by atoms with E-state index >= 15 is 0 Å². The van der Waals surface area contributed by atoms with Gasteiger partial charge in [-0.3, -0.25) is 4.79 Å². The second-order valence-corrected chi connectivity index (χ2v) is 8.07. The molecule has 2 heterocycles. The van der Waals surface area contributed by atoms with Crippen LogP contribution in [-0.2, 0) is 11.2 Å². The number of hydrogen-bond acceptors (Lipinski definition) is 4. The molecule has 2 aromatic carbocycles. The molecule has 0 aromatic heterocycles. The monoisotopic (exact) mass is 394 g/mol. The van der Waals surface area contributed by atoms with Crippen LogP contribution in [0.2, 0.25) is 0 Å². The van der Waals surface area contributed by atoms with Crippen molar-refractivity contribution < 1.29 is 14.3 Å². The first-order chi connectivity index (χ1) is 14.2. The molecule has 0 bridgehead atoms. The number of hydrogen-bond donors (Lipinski definition) is 0. The van der Waals surface area contributed by atoms with Gasteiger partial charge in [-0.25, -0.2) is 0 Å². The van der Waals surface area contributed by atoms with Crippen LogP contribution in [0, 0.1) is 0 Å². The SMILES string of the molecule is COc1cccc(C(=O)N2CCOC3(CCN(CCc4ccccc4)CC3)C2)c1. The number of carbonyl (C=O) groups is 1. The summed E-state index contributed by atoms with van der Waals surface area (Å²) in [6, 6.07) is 18.1. The number of ether oxygens (including phenoxy) is 2. The van der Waals surface area contributed by atoms with E-state index in [1.807, 2.05) is 29.2 Å². The fraction of sp³-hybridized carbons (Fsp3) is 0.458. The third kappa shape index (κ3) is 4.80. The second kappa shape index (κ2) is 8.97. The van der Waals surface area contributed by atoms with Crippen LogP contribution in [0.1, 0.15) is 28.8 Å². The molecule has 0 saturated carbocycles. The van der Waals surface area contributed by atoms with Crippen molar-refractivity contribution in [1.29, 1.82) is 0 Å². The zero-order valence-electron chi connectivity index (χ0n) is 17.2. The third-order valence-electron chi connectivity index (χ3n) is 6.18. The van der Waals surface area contributed by atoms with Crippen molar-refractivity contribution in [3.05, 3.63) is 65.7 Å². The van der Waals surface area contributed by atoms with Crippen molar-refractivity contribution in [2.45, 2.75) is 24.9 Å². The maximum Gasteiger partial charge on any atom is 0.254 e. The zero-order valence-corrected chi connectivity index (χ0v) is 17.2. The Morgan fingerprint density at radius 3 is 2.62 bits per heavy atom. The maximum absolute atomic E-state index is 13.0. The van der Waals surface area contributed by atoms with Crippen LogP contribution in [0.4, 0.5) is 0 Å². The third-order valence-corrected chi connectivity index (χ3v) is 6.18. The van der Waals surface area contributed by atoms with Crippen molar-refractivity contribution in [1.82, 2.24) is 9.80 Å². The highest BCUT2D eigenvalue weighted by Gasteiger charge is 2.41. The molecular formula is C24H30N2O3. The Morgan fingerprint density at radius 2 is 1.86 bits per heavy atom. The number of piperidine rings is 1. The first kappa shape index (κ1) is 19.9. The lowest BCUT2D eigenvalue weighted by atomic mass is 9.89. The number of nitrogens with zero attached hydrogens (tertiary/aromatic N) is 2. The van der Waals surface area contributed by atoms with Crippen LogP contribution in [0.15, 0.2) is 54.6 Å². The molecule has 2 fully saturated rings. The lowest BCUT2D eigenvalue weighted by Gasteiger charge is -2.47. The van der Waals surface area contributed by atoms with E-state index in [1.54, 1.807) is 7.11 Å². The largest absolute Gasteiger partial charge is 0.497 e. The molecule has 5 heteroatoms. The van der Waals surface area contributed by atoms with Crippen LogP contribution in [-0.4, -0.2) is 67.7 Å². The minimum atomic E-state index is -0.198. The van der Waals surface area contributed by atoms with Gasteiger partial charge in [0.15, 0.2) is 0 Å². The number of likely N-dealkylation sites (tertiary alicyclic amines) is 1. The van der Waals surface area contributed by atoms with Gasteiger partial charge in [0.25, 0.3) is 5.91 Å². The highest BCUT2D eigenvalue weighted by Crippen LogP contribution is 2.31. The number of morpholine rings is 1. The quantitative estimate of drug-likeness (QED) is 0.781. The smallest absolute Gasteiger partial charge is 0.254 e. The van der Waals surface area contributed by atoms with Crippen molar-refractivity contribution in [2.24, 2.45) is 0 Å². The summed E-state index contributed by atoms with van der Waals surface area (Å²) in [5.74, 6) is 0.781. The van der Waals surface area contributed by atoms with Crippen LogP contribution in [0.3, 0.4) is 0 Å². The molecule has 0 N–H and O–H groups in total. The summed E-state index contributed by atoms with van der Waals surface area (Å²) in [4.78, 5) is 17.5. The summed E-state index contributed by atoms with van der Waals surface area (Å²) in [6.07, 6.45) is 3.03. The van der Waals surface area contributed by atoms with E-state index in [-0.39, 0.29) is 11.5 Å². The Kier molecular flexibility index (Phi) is 6.16. The van der Waals surface area contributed by atoms with Crippen molar-refractivity contribution in [2.75, 3.05) is 46.4 Å². The number of methoxy groups -OCH3 is 1. The molecule has 29 heavy (non-hydrogen) atoms. The zero-order chi connectivity index (χ0) is 20.1. The molecule has 5 nitrogen and oxygen atoms in total. The van der Waals surface area contributed by atoms with E-state index < -0.39 is 0 Å². The van der Waals surface area contributed by atoms with Gasteiger partial charge in [-0.05, 0) is 43.0 Å². The topological polar surface area (TPSA) is 42.0 Å². The van der Waals surface area contributed by atoms with Crippen LogP contribution < -0.4 is 4.74 Å². The van der Waals surface area contributed by atoms with Crippen LogP contribution in [0.25, 0.3) is 0 Å². The van der Waals surface area contributed by atoms with Gasteiger partial charge in [0.2, 0.25) is 0 Å². The molecule has 2 saturated heterocycles. The molecule has 4 rings (SSSR count). The molecule has 0 unspecified atom stereocenters. The second-order valence-electron chi connectivity index (χ2n) is 8.07. The van der Waals surface area contributed by atoms with Crippen molar-refractivity contribution in [3.8, 4) is 5.75 Å². The lowest BCUT2D eigenvalue weighted by Crippen LogP contribution is -2.58. The van der Waals surface area contributed by atoms with E-state index in [1.165, 1.54) is 5.56 Å². The predicted molar refractivity (Wildman–Crippen MR) is 113 cm³/mol. The number of rotatable bonds is 5. The van der Waals surface area contributed by atoms with Gasteiger partial charge in [0, 0.05) is 31.7 Å². The van der Waals surface area contributed by atoms with Gasteiger partial charge in [-0.15, -0.1) is 0 Å². The molecule has 1 amide bonds. The first-order valence-electron chi connectivity index (χ1n) is 10.5. The number of benzene rings is 2. The molecule has 154 valence electrons. The average molecular weight is 395 g/mol. The minimum Gasteiger partial charge on any atom is -0.497 e. The summed E-state index contributed by atoms with van der Waals surface area (Å²) < 4.78 is 11.5. The summed E-state index contributed by atoms with van der Waals surface area (Å²) in [7, 11) is 1.62. The van der Waals surface area contributed by atoms with Gasteiger partial charge < -0.3 is 19.3 Å². The van der Waals surface area contributed by atoms with Gasteiger partial charge in [0.1, 0.15) is 5.75 Å². The van der Waals surface area contributed by atoms with Crippen molar-refractivity contribution >= 4 is 5.91 Å². The first-order valence-corrected chi connectivity index (χ1v) is 10.5. The standard InChI is InChI=1S/C24H30N2O3/c1-28-22-9-5-8-21(18-22)23(27)26-16-17-29-24(19-26)11-14-25(15-12-24)13-10-20-6-3-2-4-7-20/h2-9,18H,10-17,19H2,1H3. The van der Waals surface area contributed by atoms with Gasteiger partial charge in [0.05, 0.1) is 25.9 Å². The van der Waals surface area contributed by atoms with E-state index in [9.17, 15) is 4.79 Å². The minimum absolute atomic E-state index is 0.0677. The van der Waals surface area contributed by atoms with E-state index in [0.717, 1.165) is 38.9 Å². The molecule has 2 aromatic rings. The normalized spacial score (nSPS) is 19.3. The lowest BCUT2D eigenvalue weighted by molar-refractivity contribution is -0.127. The Hall–Kier alpha value is -2.37. The predicted octanol–water partition coefficient (Wildman–Crippen LogP) is 3.24. The molecule has 2 aliphatic heterocycles. The molecular weight excluding hydrogens is 364 g/mol. The van der Waals surface area contributed by atoms with Crippen LogP contribution in [0.5, 0.6) is 5.75 Å². The van der Waals surface area contributed by atoms with Gasteiger partial charge in [-0.2, -0.15) is 0 Å². The van der Waals surface area contributed by atoms with Crippen molar-refractivity contribution in [3.63, 3.8) is 0 Å². The van der Waals surface area contributed by atoms with E-state index in [0.29, 0.717) is 31.0 Å². The maximum atomic E-state index is 13.0. The Bertz CT molecular complexity index is 816. The summed E-state index contributed by atoms with van der Waals surface area (Å²) >= 11 is 0. The summed E-state index contributed by atoms with van der Waals surface area (Å²) in [5, 5.41) is 0.